The molecular weight excluding hydrogens is 426 g/mol. The van der Waals surface area contributed by atoms with Crippen LogP contribution in [-0.2, 0) is 32.5 Å². The summed E-state index contributed by atoms with van der Waals surface area (Å²) in [6, 6.07) is 14.8. The molecule has 170 valence electrons. The van der Waals surface area contributed by atoms with E-state index in [1.165, 1.54) is 4.90 Å². The molecule has 0 spiro atoms. The van der Waals surface area contributed by atoms with Crippen molar-refractivity contribution >= 4 is 27.5 Å². The highest BCUT2D eigenvalue weighted by molar-refractivity contribution is 7.89. The molecule has 8 heteroatoms. The fraction of sp³-hybridized carbons (Fsp3) is 0.417. The van der Waals surface area contributed by atoms with E-state index in [1.807, 2.05) is 30.3 Å². The van der Waals surface area contributed by atoms with Gasteiger partial charge in [-0.2, -0.15) is 4.31 Å². The first-order valence-electron chi connectivity index (χ1n) is 11.2. The molecular formula is C24H29N3O4S. The number of carbonyl (C=O) groups is 2. The number of sulfonamides is 1. The van der Waals surface area contributed by atoms with Gasteiger partial charge < -0.3 is 10.2 Å². The SMILES string of the molecule is O=C(CN1C(=O)CCc2cc(S(=O)(=O)N3CCCCC3)ccc21)NCCc1ccccc1. The molecule has 0 saturated carbocycles. The van der Waals surface area contributed by atoms with Gasteiger partial charge in [-0.3, -0.25) is 9.59 Å². The molecule has 0 aliphatic carbocycles. The summed E-state index contributed by atoms with van der Waals surface area (Å²) < 4.78 is 27.6. The lowest BCUT2D eigenvalue weighted by atomic mass is 10.0. The minimum atomic E-state index is -3.54. The van der Waals surface area contributed by atoms with Crippen molar-refractivity contribution in [3.8, 4) is 0 Å². The van der Waals surface area contributed by atoms with Gasteiger partial charge in [-0.15, -0.1) is 0 Å². The quantitative estimate of drug-likeness (QED) is 0.695. The zero-order chi connectivity index (χ0) is 22.6. The first-order chi connectivity index (χ1) is 15.4. The summed E-state index contributed by atoms with van der Waals surface area (Å²) in [5, 5.41) is 2.87. The predicted octanol–water partition coefficient (Wildman–Crippen LogP) is 2.50. The molecule has 2 aliphatic rings. The number of aryl methyl sites for hydroxylation is 1. The van der Waals surface area contributed by atoms with Crippen LogP contribution in [0.3, 0.4) is 0 Å². The number of benzene rings is 2. The maximum absolute atomic E-state index is 13.0. The lowest BCUT2D eigenvalue weighted by Gasteiger charge is -2.30. The van der Waals surface area contributed by atoms with Crippen LogP contribution < -0.4 is 10.2 Å². The van der Waals surface area contributed by atoms with Crippen LogP contribution in [-0.4, -0.2) is 50.7 Å². The second-order valence-corrected chi connectivity index (χ2v) is 10.3. The Balaban J connectivity index is 1.44. The van der Waals surface area contributed by atoms with Gasteiger partial charge >= 0.3 is 0 Å². The molecule has 2 amide bonds. The van der Waals surface area contributed by atoms with E-state index in [2.05, 4.69) is 5.32 Å². The molecule has 1 fully saturated rings. The fourth-order valence-electron chi connectivity index (χ4n) is 4.31. The molecule has 0 bridgehead atoms. The Hall–Kier alpha value is -2.71. The fourth-order valence-corrected chi connectivity index (χ4v) is 5.88. The van der Waals surface area contributed by atoms with E-state index in [-0.39, 0.29) is 29.7 Å². The zero-order valence-corrected chi connectivity index (χ0v) is 18.9. The van der Waals surface area contributed by atoms with Crippen LogP contribution in [0.4, 0.5) is 5.69 Å². The highest BCUT2D eigenvalue weighted by Crippen LogP contribution is 2.31. The van der Waals surface area contributed by atoms with Crippen LogP contribution in [0, 0.1) is 0 Å². The van der Waals surface area contributed by atoms with Crippen LogP contribution in [0.1, 0.15) is 36.8 Å². The zero-order valence-electron chi connectivity index (χ0n) is 18.1. The minimum Gasteiger partial charge on any atom is -0.354 e. The molecule has 2 aromatic carbocycles. The number of piperidine rings is 1. The first kappa shape index (κ1) is 22.5. The summed E-state index contributed by atoms with van der Waals surface area (Å²) in [5.74, 6) is -0.352. The summed E-state index contributed by atoms with van der Waals surface area (Å²) >= 11 is 0. The van der Waals surface area contributed by atoms with E-state index in [0.717, 1.165) is 36.8 Å². The Morgan fingerprint density at radius 3 is 2.47 bits per heavy atom. The Labute approximate surface area is 189 Å². The third kappa shape index (κ3) is 5.02. The second-order valence-electron chi connectivity index (χ2n) is 8.32. The smallest absolute Gasteiger partial charge is 0.243 e. The van der Waals surface area contributed by atoms with Crippen molar-refractivity contribution in [1.82, 2.24) is 9.62 Å². The van der Waals surface area contributed by atoms with Gasteiger partial charge in [-0.1, -0.05) is 36.8 Å². The van der Waals surface area contributed by atoms with Crippen LogP contribution in [0.25, 0.3) is 0 Å². The minimum absolute atomic E-state index is 0.0706. The van der Waals surface area contributed by atoms with Crippen molar-refractivity contribution in [2.24, 2.45) is 0 Å². The number of anilines is 1. The summed E-state index contributed by atoms with van der Waals surface area (Å²) in [4.78, 5) is 26.7. The van der Waals surface area contributed by atoms with Gasteiger partial charge in [0.25, 0.3) is 0 Å². The van der Waals surface area contributed by atoms with E-state index in [0.29, 0.717) is 31.7 Å². The van der Waals surface area contributed by atoms with E-state index < -0.39 is 10.0 Å². The van der Waals surface area contributed by atoms with Crippen LogP contribution in [0.5, 0.6) is 0 Å². The van der Waals surface area contributed by atoms with Crippen molar-refractivity contribution in [2.75, 3.05) is 31.1 Å². The number of rotatable bonds is 7. The first-order valence-corrected chi connectivity index (χ1v) is 12.6. The molecule has 2 heterocycles. The van der Waals surface area contributed by atoms with E-state index in [1.54, 1.807) is 22.5 Å². The molecule has 0 radical (unpaired) electrons. The number of amides is 2. The largest absolute Gasteiger partial charge is 0.354 e. The van der Waals surface area contributed by atoms with Crippen LogP contribution in [0.15, 0.2) is 53.4 Å². The van der Waals surface area contributed by atoms with Crippen LogP contribution in [0.2, 0.25) is 0 Å². The number of carbonyl (C=O) groups excluding carboxylic acids is 2. The molecule has 0 aromatic heterocycles. The summed E-state index contributed by atoms with van der Waals surface area (Å²) in [6.07, 6.45) is 4.27. The summed E-state index contributed by atoms with van der Waals surface area (Å²) in [6.45, 7) is 1.52. The maximum Gasteiger partial charge on any atom is 0.243 e. The van der Waals surface area contributed by atoms with Crippen molar-refractivity contribution in [3.63, 3.8) is 0 Å². The Bertz CT molecular complexity index is 1080. The number of nitrogens with one attached hydrogen (secondary N) is 1. The number of nitrogens with zero attached hydrogens (tertiary/aromatic N) is 2. The standard InChI is InChI=1S/C24H29N3O4S/c28-23(25-14-13-19-7-3-1-4-8-19)18-27-22-11-10-21(17-20(22)9-12-24(27)29)32(30,31)26-15-5-2-6-16-26/h1,3-4,7-8,10-11,17H,2,5-6,9,12-16,18H2,(H,25,28). The molecule has 1 N–H and O–H groups in total. The number of hydrogen-bond acceptors (Lipinski definition) is 4. The second kappa shape index (κ2) is 9.83. The Morgan fingerprint density at radius 1 is 0.969 bits per heavy atom. The molecule has 7 nitrogen and oxygen atoms in total. The lowest BCUT2D eigenvalue weighted by molar-refractivity contribution is -0.124. The molecule has 2 aliphatic heterocycles. The third-order valence-electron chi connectivity index (χ3n) is 6.08. The Morgan fingerprint density at radius 2 is 1.72 bits per heavy atom. The van der Waals surface area contributed by atoms with E-state index in [9.17, 15) is 18.0 Å². The van der Waals surface area contributed by atoms with Gasteiger partial charge in [0.05, 0.1) is 4.90 Å². The topological polar surface area (TPSA) is 86.8 Å². The van der Waals surface area contributed by atoms with Crippen molar-refractivity contribution in [3.05, 3.63) is 59.7 Å². The number of fused-ring (bicyclic) bond motifs is 1. The van der Waals surface area contributed by atoms with E-state index in [4.69, 9.17) is 0 Å². The lowest BCUT2D eigenvalue weighted by Crippen LogP contribution is -2.43. The van der Waals surface area contributed by atoms with Gasteiger partial charge in [0.15, 0.2) is 0 Å². The van der Waals surface area contributed by atoms with Gasteiger partial charge in [-0.25, -0.2) is 8.42 Å². The number of hydrogen-bond donors (Lipinski definition) is 1. The average Bonchev–Trinajstić information content (AvgIpc) is 2.82. The molecule has 32 heavy (non-hydrogen) atoms. The van der Waals surface area contributed by atoms with Gasteiger partial charge in [0, 0.05) is 31.7 Å². The summed E-state index contributed by atoms with van der Waals surface area (Å²) in [5.41, 5.74) is 2.55. The third-order valence-corrected chi connectivity index (χ3v) is 7.98. The van der Waals surface area contributed by atoms with Gasteiger partial charge in [0.2, 0.25) is 21.8 Å². The molecule has 0 atom stereocenters. The van der Waals surface area contributed by atoms with E-state index >= 15 is 0 Å². The highest BCUT2D eigenvalue weighted by Gasteiger charge is 2.30. The maximum atomic E-state index is 13.0. The monoisotopic (exact) mass is 455 g/mol. The highest BCUT2D eigenvalue weighted by atomic mass is 32.2. The van der Waals surface area contributed by atoms with Crippen molar-refractivity contribution in [1.29, 1.82) is 0 Å². The van der Waals surface area contributed by atoms with Gasteiger partial charge in [-0.05, 0) is 55.0 Å². The average molecular weight is 456 g/mol. The Kier molecular flexibility index (Phi) is 6.91. The molecule has 0 unspecified atom stereocenters. The molecule has 2 aromatic rings. The normalized spacial score (nSPS) is 17.1. The van der Waals surface area contributed by atoms with Crippen LogP contribution >= 0.6 is 0 Å². The predicted molar refractivity (Wildman–Crippen MR) is 123 cm³/mol. The summed E-state index contributed by atoms with van der Waals surface area (Å²) in [7, 11) is -3.54. The van der Waals surface area contributed by atoms with Crippen molar-refractivity contribution < 1.29 is 18.0 Å². The molecule has 1 saturated heterocycles. The van der Waals surface area contributed by atoms with Gasteiger partial charge in [0.1, 0.15) is 6.54 Å². The molecule has 4 rings (SSSR count). The van der Waals surface area contributed by atoms with Crippen molar-refractivity contribution in [2.45, 2.75) is 43.4 Å².